The zero-order valence-electron chi connectivity index (χ0n) is 19.6. The largest absolute Gasteiger partial charge is 0.504 e. The molecule has 0 aliphatic carbocycles. The molecule has 34 heavy (non-hydrogen) atoms. The van der Waals surface area contributed by atoms with Crippen molar-refractivity contribution in [3.63, 3.8) is 0 Å². The Morgan fingerprint density at radius 2 is 1.97 bits per heavy atom. The Labute approximate surface area is 196 Å². The third kappa shape index (κ3) is 5.22. The SMILES string of the molecule is COc1cc(/C=C2/N=C(C)N(NC(=O)COc3cc(C)c(N=O)cc3C(C)C)C2=O)ccc1O. The summed E-state index contributed by atoms with van der Waals surface area (Å²) in [6, 6.07) is 7.94. The standard InChI is InChI=1S/C24H26N4O6/c1-13(2)17-11-18(27-32)14(3)8-21(17)34-12-23(30)26-28-15(4)25-19(24(28)31)9-16-6-7-20(29)22(10-16)33-5/h6-11,13,29H,12H2,1-5H3,(H,26,30)/b19-9+. The van der Waals surface area contributed by atoms with Crippen molar-refractivity contribution in [1.82, 2.24) is 10.4 Å². The number of rotatable bonds is 8. The number of ether oxygens (including phenoxy) is 2. The molecule has 0 unspecified atom stereocenters. The Balaban J connectivity index is 1.69. The number of methoxy groups -OCH3 is 1. The zero-order chi connectivity index (χ0) is 25.0. The highest BCUT2D eigenvalue weighted by molar-refractivity contribution is 6.14. The molecular weight excluding hydrogens is 440 g/mol. The van der Waals surface area contributed by atoms with E-state index in [4.69, 9.17) is 9.47 Å². The molecule has 178 valence electrons. The number of phenolic OH excluding ortho intramolecular Hbond substituents is 1. The van der Waals surface area contributed by atoms with Gasteiger partial charge in [0.05, 0.1) is 7.11 Å². The molecule has 0 aromatic heterocycles. The van der Waals surface area contributed by atoms with Crippen LogP contribution in [0.2, 0.25) is 0 Å². The summed E-state index contributed by atoms with van der Waals surface area (Å²) in [4.78, 5) is 40.5. The van der Waals surface area contributed by atoms with Gasteiger partial charge in [-0.05, 0) is 72.0 Å². The molecule has 0 atom stereocenters. The van der Waals surface area contributed by atoms with Crippen molar-refractivity contribution < 1.29 is 24.2 Å². The van der Waals surface area contributed by atoms with Crippen LogP contribution >= 0.6 is 0 Å². The normalized spacial score (nSPS) is 14.4. The average molecular weight is 466 g/mol. The van der Waals surface area contributed by atoms with Crippen LogP contribution in [0.3, 0.4) is 0 Å². The number of amidine groups is 1. The van der Waals surface area contributed by atoms with Crippen LogP contribution in [0.1, 0.15) is 43.4 Å². The van der Waals surface area contributed by atoms with Gasteiger partial charge in [0.2, 0.25) is 0 Å². The van der Waals surface area contributed by atoms with Gasteiger partial charge in [0.25, 0.3) is 11.8 Å². The third-order valence-electron chi connectivity index (χ3n) is 5.18. The summed E-state index contributed by atoms with van der Waals surface area (Å²) in [5, 5.41) is 13.8. The molecule has 0 spiro atoms. The molecule has 2 amide bonds. The topological polar surface area (TPSA) is 130 Å². The lowest BCUT2D eigenvalue weighted by Gasteiger charge is -2.19. The van der Waals surface area contributed by atoms with Gasteiger partial charge in [0.1, 0.15) is 23.0 Å². The Bertz CT molecular complexity index is 1200. The predicted molar refractivity (Wildman–Crippen MR) is 127 cm³/mol. The summed E-state index contributed by atoms with van der Waals surface area (Å²) in [5.41, 5.74) is 4.90. The van der Waals surface area contributed by atoms with Crippen LogP contribution in [0.25, 0.3) is 6.08 Å². The summed E-state index contributed by atoms with van der Waals surface area (Å²) in [5.74, 6) is -0.0385. The van der Waals surface area contributed by atoms with Gasteiger partial charge in [0, 0.05) is 0 Å². The number of amides is 2. The van der Waals surface area contributed by atoms with Crippen molar-refractivity contribution in [2.24, 2.45) is 10.2 Å². The number of phenols is 1. The number of aromatic hydroxyl groups is 1. The van der Waals surface area contributed by atoms with E-state index in [9.17, 15) is 19.6 Å². The van der Waals surface area contributed by atoms with Gasteiger partial charge < -0.3 is 14.6 Å². The van der Waals surface area contributed by atoms with Crippen LogP contribution in [0.15, 0.2) is 46.2 Å². The van der Waals surface area contributed by atoms with Crippen LogP contribution in [-0.2, 0) is 9.59 Å². The maximum Gasteiger partial charge on any atom is 0.296 e. The van der Waals surface area contributed by atoms with Crippen molar-refractivity contribution in [2.75, 3.05) is 13.7 Å². The van der Waals surface area contributed by atoms with Gasteiger partial charge in [-0.2, -0.15) is 0 Å². The van der Waals surface area contributed by atoms with Crippen LogP contribution in [0.5, 0.6) is 17.2 Å². The van der Waals surface area contributed by atoms with E-state index in [-0.39, 0.29) is 35.6 Å². The Morgan fingerprint density at radius 1 is 1.24 bits per heavy atom. The van der Waals surface area contributed by atoms with Crippen molar-refractivity contribution in [3.05, 3.63) is 57.6 Å². The molecule has 2 aromatic rings. The molecule has 10 nitrogen and oxygen atoms in total. The number of nitrogens with zero attached hydrogens (tertiary/aromatic N) is 3. The monoisotopic (exact) mass is 466 g/mol. The molecule has 0 bridgehead atoms. The number of hydrogen-bond donors (Lipinski definition) is 2. The lowest BCUT2D eigenvalue weighted by molar-refractivity contribution is -0.134. The first kappa shape index (κ1) is 24.4. The Kier molecular flexibility index (Phi) is 7.30. The highest BCUT2D eigenvalue weighted by atomic mass is 16.5. The minimum atomic E-state index is -0.555. The molecule has 2 N–H and O–H groups in total. The number of hydrogen-bond acceptors (Lipinski definition) is 8. The van der Waals surface area contributed by atoms with Gasteiger partial charge >= 0.3 is 0 Å². The number of carbonyl (C=O) groups excluding carboxylic acids is 2. The van der Waals surface area contributed by atoms with Gasteiger partial charge in [-0.1, -0.05) is 19.9 Å². The van der Waals surface area contributed by atoms with E-state index < -0.39 is 11.8 Å². The van der Waals surface area contributed by atoms with E-state index in [0.29, 0.717) is 22.6 Å². The Hall–Kier alpha value is -4.21. The summed E-state index contributed by atoms with van der Waals surface area (Å²) in [6.07, 6.45) is 1.52. The van der Waals surface area contributed by atoms with E-state index in [2.05, 4.69) is 15.6 Å². The van der Waals surface area contributed by atoms with Gasteiger partial charge in [0.15, 0.2) is 18.1 Å². The molecule has 0 radical (unpaired) electrons. The predicted octanol–water partition coefficient (Wildman–Crippen LogP) is 3.94. The second kappa shape index (κ2) is 10.2. The number of hydrazine groups is 1. The zero-order valence-corrected chi connectivity index (χ0v) is 19.6. The van der Waals surface area contributed by atoms with Gasteiger partial charge in [-0.15, -0.1) is 4.91 Å². The van der Waals surface area contributed by atoms with Crippen molar-refractivity contribution in [3.8, 4) is 17.2 Å². The maximum absolute atomic E-state index is 12.8. The van der Waals surface area contributed by atoms with Crippen LogP contribution in [-0.4, -0.2) is 41.5 Å². The minimum Gasteiger partial charge on any atom is -0.504 e. The number of aliphatic imine (C=N–C) groups is 1. The number of benzene rings is 2. The van der Waals surface area contributed by atoms with Gasteiger partial charge in [-0.25, -0.2) is 10.0 Å². The van der Waals surface area contributed by atoms with E-state index in [1.54, 1.807) is 38.1 Å². The molecule has 10 heteroatoms. The first-order chi connectivity index (χ1) is 16.1. The van der Waals surface area contributed by atoms with E-state index in [0.717, 1.165) is 10.6 Å². The molecule has 0 saturated heterocycles. The van der Waals surface area contributed by atoms with Crippen LogP contribution in [0, 0.1) is 11.8 Å². The summed E-state index contributed by atoms with van der Waals surface area (Å²) in [6.45, 7) is 6.84. The molecule has 0 fully saturated rings. The quantitative estimate of drug-likeness (QED) is 0.448. The molecule has 0 saturated carbocycles. The number of nitroso groups, excluding NO2 is 1. The maximum atomic E-state index is 12.8. The fourth-order valence-electron chi connectivity index (χ4n) is 3.36. The van der Waals surface area contributed by atoms with E-state index in [1.807, 2.05) is 13.8 Å². The van der Waals surface area contributed by atoms with Gasteiger partial charge in [-0.3, -0.25) is 15.0 Å². The number of nitrogens with one attached hydrogen (secondary N) is 1. The van der Waals surface area contributed by atoms with E-state index in [1.165, 1.54) is 19.3 Å². The molecular formula is C24H26N4O6. The van der Waals surface area contributed by atoms with Crippen LogP contribution < -0.4 is 14.9 Å². The fourth-order valence-corrected chi connectivity index (χ4v) is 3.36. The number of aryl methyl sites for hydroxylation is 1. The first-order valence-electron chi connectivity index (χ1n) is 10.5. The average Bonchev–Trinajstić information content (AvgIpc) is 3.05. The lowest BCUT2D eigenvalue weighted by atomic mass is 9.99. The summed E-state index contributed by atoms with van der Waals surface area (Å²) < 4.78 is 10.8. The third-order valence-corrected chi connectivity index (χ3v) is 5.18. The molecule has 1 aliphatic rings. The molecule has 3 rings (SSSR count). The van der Waals surface area contributed by atoms with Crippen molar-refractivity contribution in [2.45, 2.75) is 33.6 Å². The highest BCUT2D eigenvalue weighted by Gasteiger charge is 2.29. The first-order valence-corrected chi connectivity index (χ1v) is 10.5. The summed E-state index contributed by atoms with van der Waals surface area (Å²) >= 11 is 0. The molecule has 1 heterocycles. The second-order valence-corrected chi connectivity index (χ2v) is 8.01. The van der Waals surface area contributed by atoms with Crippen molar-refractivity contribution >= 4 is 29.4 Å². The van der Waals surface area contributed by atoms with Crippen LogP contribution in [0.4, 0.5) is 5.69 Å². The molecule has 2 aromatic carbocycles. The fraction of sp³-hybridized carbons (Fsp3) is 0.292. The summed E-state index contributed by atoms with van der Waals surface area (Å²) in [7, 11) is 1.42. The minimum absolute atomic E-state index is 0.0242. The Morgan fingerprint density at radius 3 is 2.62 bits per heavy atom. The smallest absolute Gasteiger partial charge is 0.296 e. The lowest BCUT2D eigenvalue weighted by Crippen LogP contribution is -2.47. The van der Waals surface area contributed by atoms with E-state index >= 15 is 0 Å². The second-order valence-electron chi connectivity index (χ2n) is 8.01. The highest BCUT2D eigenvalue weighted by Crippen LogP contribution is 2.33. The molecule has 1 aliphatic heterocycles. The van der Waals surface area contributed by atoms with Crippen molar-refractivity contribution in [1.29, 1.82) is 0 Å². The number of carbonyl (C=O) groups is 2.